The van der Waals surface area contributed by atoms with E-state index in [0.717, 1.165) is 70.6 Å². The summed E-state index contributed by atoms with van der Waals surface area (Å²) in [5.41, 5.74) is 0. The van der Waals surface area contributed by atoms with Crippen LogP contribution in [0.2, 0.25) is 0 Å². The van der Waals surface area contributed by atoms with Crippen LogP contribution in [0.25, 0.3) is 0 Å². The van der Waals surface area contributed by atoms with Gasteiger partial charge in [-0.15, -0.1) is 0 Å². The van der Waals surface area contributed by atoms with Crippen LogP contribution in [-0.2, 0) is 28.6 Å². The summed E-state index contributed by atoms with van der Waals surface area (Å²) in [5.74, 6) is -0.855. The van der Waals surface area contributed by atoms with E-state index < -0.39 is 6.10 Å². The van der Waals surface area contributed by atoms with Crippen LogP contribution in [0.15, 0.2) is 36.5 Å². The molecule has 0 radical (unpaired) electrons. The molecule has 0 spiro atoms. The Morgan fingerprint density at radius 1 is 0.263 bits per heavy atom. The number of ether oxygens (including phenoxy) is 3. The van der Waals surface area contributed by atoms with E-state index in [1.54, 1.807) is 0 Å². The van der Waals surface area contributed by atoms with Crippen molar-refractivity contribution >= 4 is 17.9 Å². The summed E-state index contributed by atoms with van der Waals surface area (Å²) in [6.07, 6.45) is 80.2. The van der Waals surface area contributed by atoms with E-state index in [-0.39, 0.29) is 31.1 Å². The predicted molar refractivity (Wildman–Crippen MR) is 330 cm³/mol. The lowest BCUT2D eigenvalue weighted by Crippen LogP contribution is -2.30. The van der Waals surface area contributed by atoms with Gasteiger partial charge in [0.2, 0.25) is 0 Å². The number of carbonyl (C=O) groups excluding carboxylic acids is 3. The number of hydrogen-bond donors (Lipinski definition) is 0. The summed E-state index contributed by atoms with van der Waals surface area (Å²) < 4.78 is 17.0. The van der Waals surface area contributed by atoms with E-state index in [4.69, 9.17) is 14.2 Å². The Bertz CT molecular complexity index is 1270. The molecule has 1 atom stereocenters. The number of rotatable bonds is 63. The smallest absolute Gasteiger partial charge is 0.306 e. The second-order valence-electron chi connectivity index (χ2n) is 23.1. The molecule has 0 aromatic heterocycles. The van der Waals surface area contributed by atoms with Crippen molar-refractivity contribution in [3.05, 3.63) is 36.5 Å². The maximum absolute atomic E-state index is 12.9. The van der Waals surface area contributed by atoms with Gasteiger partial charge in [0.1, 0.15) is 13.2 Å². The van der Waals surface area contributed by atoms with E-state index in [2.05, 4.69) is 57.2 Å². The van der Waals surface area contributed by atoms with E-state index in [1.165, 1.54) is 263 Å². The zero-order chi connectivity index (χ0) is 55.0. The van der Waals surface area contributed by atoms with Crippen LogP contribution in [0, 0.1) is 0 Å². The van der Waals surface area contributed by atoms with E-state index in [9.17, 15) is 14.4 Å². The first-order valence-electron chi connectivity index (χ1n) is 34.0. The first kappa shape index (κ1) is 73.6. The van der Waals surface area contributed by atoms with E-state index >= 15 is 0 Å². The molecule has 0 fully saturated rings. The summed E-state index contributed by atoms with van der Waals surface area (Å²) in [4.78, 5) is 38.4. The van der Waals surface area contributed by atoms with Gasteiger partial charge in [-0.2, -0.15) is 0 Å². The van der Waals surface area contributed by atoms with Crippen molar-refractivity contribution in [3.8, 4) is 0 Å². The largest absolute Gasteiger partial charge is 0.462 e. The molecule has 0 aliphatic carbocycles. The third kappa shape index (κ3) is 62.5. The van der Waals surface area contributed by atoms with E-state index in [1.807, 2.05) is 0 Å². The van der Waals surface area contributed by atoms with Crippen LogP contribution in [0.1, 0.15) is 374 Å². The van der Waals surface area contributed by atoms with Crippen LogP contribution in [-0.4, -0.2) is 37.2 Å². The average Bonchev–Trinajstić information content (AvgIpc) is 3.42. The SMILES string of the molecule is CCCCCCC/C=C\C/C=C\CCCCCCCCCCCCCC(=O)OCC(COC(=O)CCCCCCC/C=C\CCCCCCC)OC(=O)CCCCCCCCCCCCCCCCCCCCCCC. The lowest BCUT2D eigenvalue weighted by molar-refractivity contribution is -0.167. The quantitative estimate of drug-likeness (QED) is 0.0261. The number of hydrogen-bond acceptors (Lipinski definition) is 6. The Morgan fingerprint density at radius 3 is 0.737 bits per heavy atom. The normalized spacial score (nSPS) is 12.2. The van der Waals surface area contributed by atoms with Crippen molar-refractivity contribution in [1.82, 2.24) is 0 Å². The average molecular weight is 1070 g/mol. The van der Waals surface area contributed by atoms with Gasteiger partial charge in [0, 0.05) is 19.3 Å². The number of unbranched alkanes of at least 4 members (excludes halogenated alkanes) is 46. The molecule has 446 valence electrons. The Kier molecular flexibility index (Phi) is 63.1. The topological polar surface area (TPSA) is 78.9 Å². The molecule has 0 heterocycles. The fourth-order valence-corrected chi connectivity index (χ4v) is 10.2. The monoisotopic (exact) mass is 1070 g/mol. The second-order valence-corrected chi connectivity index (χ2v) is 23.1. The molecule has 0 amide bonds. The van der Waals surface area contributed by atoms with Gasteiger partial charge < -0.3 is 14.2 Å². The highest BCUT2D eigenvalue weighted by Crippen LogP contribution is 2.18. The van der Waals surface area contributed by atoms with Crippen LogP contribution in [0.4, 0.5) is 0 Å². The van der Waals surface area contributed by atoms with Gasteiger partial charge in [-0.05, 0) is 77.0 Å². The Labute approximate surface area is 474 Å². The molecule has 0 bridgehead atoms. The molecule has 0 saturated carbocycles. The molecule has 6 heteroatoms. The third-order valence-corrected chi connectivity index (χ3v) is 15.4. The highest BCUT2D eigenvalue weighted by atomic mass is 16.6. The van der Waals surface area contributed by atoms with Crippen LogP contribution >= 0.6 is 0 Å². The van der Waals surface area contributed by atoms with Crippen molar-refractivity contribution < 1.29 is 28.6 Å². The summed E-state index contributed by atoms with van der Waals surface area (Å²) in [7, 11) is 0. The minimum absolute atomic E-state index is 0.0713. The number of carbonyl (C=O) groups is 3. The van der Waals surface area contributed by atoms with Crippen molar-refractivity contribution in [2.45, 2.75) is 380 Å². The van der Waals surface area contributed by atoms with Gasteiger partial charge in [-0.1, -0.05) is 314 Å². The maximum atomic E-state index is 12.9. The fourth-order valence-electron chi connectivity index (χ4n) is 10.2. The predicted octanol–water partition coefficient (Wildman–Crippen LogP) is 23.2. The maximum Gasteiger partial charge on any atom is 0.306 e. The van der Waals surface area contributed by atoms with Crippen molar-refractivity contribution in [1.29, 1.82) is 0 Å². The van der Waals surface area contributed by atoms with Crippen molar-refractivity contribution in [3.63, 3.8) is 0 Å². The van der Waals surface area contributed by atoms with Crippen LogP contribution < -0.4 is 0 Å². The minimum Gasteiger partial charge on any atom is -0.462 e. The Morgan fingerprint density at radius 2 is 0.474 bits per heavy atom. The van der Waals surface area contributed by atoms with Crippen molar-refractivity contribution in [2.75, 3.05) is 13.2 Å². The molecule has 0 aromatic rings. The molecule has 1 unspecified atom stereocenters. The summed E-state index contributed by atoms with van der Waals surface area (Å²) in [6, 6.07) is 0. The highest BCUT2D eigenvalue weighted by molar-refractivity contribution is 5.71. The lowest BCUT2D eigenvalue weighted by atomic mass is 10.0. The minimum atomic E-state index is -0.774. The standard InChI is InChI=1S/C70H130O6/c1-4-7-10-13-16-19-22-25-28-30-32-34-35-37-38-40-42-45-48-51-54-57-60-63-69(72)75-66-67(65-74-68(71)62-59-56-53-50-47-44-27-24-21-18-15-12-9-6-3)76-70(73)64-61-58-55-52-49-46-43-41-39-36-33-31-29-26-23-20-17-14-11-8-5-2/h22,24-25,27,30,32,67H,4-21,23,26,28-29,31,33-66H2,1-3H3/b25-22-,27-24-,32-30-. The number of allylic oxidation sites excluding steroid dienone is 6. The lowest BCUT2D eigenvalue weighted by Gasteiger charge is -2.18. The zero-order valence-corrected chi connectivity index (χ0v) is 51.3. The first-order chi connectivity index (χ1) is 37.5. The first-order valence-corrected chi connectivity index (χ1v) is 34.0. The molecule has 0 aliphatic rings. The van der Waals surface area contributed by atoms with Gasteiger partial charge >= 0.3 is 17.9 Å². The van der Waals surface area contributed by atoms with Crippen LogP contribution in [0.3, 0.4) is 0 Å². The van der Waals surface area contributed by atoms with Gasteiger partial charge in [0.25, 0.3) is 0 Å². The molecular weight excluding hydrogens is 937 g/mol. The summed E-state index contributed by atoms with van der Waals surface area (Å²) >= 11 is 0. The summed E-state index contributed by atoms with van der Waals surface area (Å²) in [6.45, 7) is 6.68. The van der Waals surface area contributed by atoms with Gasteiger partial charge in [0.05, 0.1) is 0 Å². The zero-order valence-electron chi connectivity index (χ0n) is 51.3. The molecule has 0 N–H and O–H groups in total. The molecule has 6 nitrogen and oxygen atoms in total. The molecule has 0 aliphatic heterocycles. The Hall–Kier alpha value is -2.37. The Balaban J connectivity index is 4.28. The molecule has 0 aromatic carbocycles. The van der Waals surface area contributed by atoms with Gasteiger partial charge in [-0.25, -0.2) is 0 Å². The summed E-state index contributed by atoms with van der Waals surface area (Å²) in [5, 5.41) is 0. The number of esters is 3. The second kappa shape index (κ2) is 65.2. The molecule has 0 rings (SSSR count). The molecule has 0 saturated heterocycles. The molecule has 76 heavy (non-hydrogen) atoms. The van der Waals surface area contributed by atoms with Gasteiger partial charge in [0.15, 0.2) is 6.10 Å². The van der Waals surface area contributed by atoms with E-state index in [0.29, 0.717) is 19.3 Å². The van der Waals surface area contributed by atoms with Gasteiger partial charge in [-0.3, -0.25) is 14.4 Å². The molecular formula is C70H130O6. The van der Waals surface area contributed by atoms with Crippen molar-refractivity contribution in [2.24, 2.45) is 0 Å². The highest BCUT2D eigenvalue weighted by Gasteiger charge is 2.19. The van der Waals surface area contributed by atoms with Crippen LogP contribution in [0.5, 0.6) is 0 Å². The third-order valence-electron chi connectivity index (χ3n) is 15.4. The fraction of sp³-hybridized carbons (Fsp3) is 0.871.